The first-order valence-corrected chi connectivity index (χ1v) is 14.4. The summed E-state index contributed by atoms with van der Waals surface area (Å²) in [7, 11) is 0. The van der Waals surface area contributed by atoms with Gasteiger partial charge in [0.25, 0.3) is 0 Å². The van der Waals surface area contributed by atoms with Crippen molar-refractivity contribution in [3.8, 4) is 0 Å². The largest absolute Gasteiger partial charge is 0.147 e. The van der Waals surface area contributed by atoms with E-state index in [2.05, 4.69) is 35.6 Å². The molecule has 0 amide bonds. The summed E-state index contributed by atoms with van der Waals surface area (Å²) in [5, 5.41) is 3.67. The van der Waals surface area contributed by atoms with E-state index in [1.165, 1.54) is 30.2 Å². The van der Waals surface area contributed by atoms with E-state index in [1.807, 2.05) is 6.33 Å². The molecule has 0 aliphatic heterocycles. The van der Waals surface area contributed by atoms with E-state index in [4.69, 9.17) is 20.7 Å². The number of nitrogens with two attached hydrogens (primary N) is 1. The molecule has 1 radical (unpaired) electrons. The molecule has 2 saturated carbocycles. The van der Waals surface area contributed by atoms with Gasteiger partial charge in [-0.25, -0.2) is 0 Å². The second-order valence-corrected chi connectivity index (χ2v) is 11.8. The summed E-state index contributed by atoms with van der Waals surface area (Å²) in [6, 6.07) is 1.31. The van der Waals surface area contributed by atoms with Crippen molar-refractivity contribution in [1.82, 2.24) is 24.4 Å². The van der Waals surface area contributed by atoms with Crippen molar-refractivity contribution in [2.45, 2.75) is 102 Å². The Hall–Kier alpha value is -0.302. The minimum atomic E-state index is -0.123. The van der Waals surface area contributed by atoms with Gasteiger partial charge in [-0.15, -0.1) is 37.2 Å². The van der Waals surface area contributed by atoms with E-state index in [0.29, 0.717) is 23.0 Å². The van der Waals surface area contributed by atoms with Crippen LogP contribution in [0.5, 0.6) is 0 Å². The summed E-state index contributed by atoms with van der Waals surface area (Å²) in [6.07, 6.45) is 12.6. The molecule has 1 atom stereocenters. The molecule has 11 heteroatoms. The third-order valence-corrected chi connectivity index (χ3v) is 10.3. The van der Waals surface area contributed by atoms with Gasteiger partial charge in [0.2, 0.25) is 0 Å². The molecule has 34 heavy (non-hydrogen) atoms. The van der Waals surface area contributed by atoms with Crippen molar-refractivity contribution in [3.63, 3.8) is 0 Å². The van der Waals surface area contributed by atoms with Crippen LogP contribution in [0.3, 0.4) is 0 Å². The van der Waals surface area contributed by atoms with Crippen LogP contribution in [-0.2, 0) is 0 Å². The zero-order valence-electron chi connectivity index (χ0n) is 20.7. The van der Waals surface area contributed by atoms with Gasteiger partial charge < -0.3 is 0 Å². The summed E-state index contributed by atoms with van der Waals surface area (Å²) in [5.41, 5.74) is 8.19. The number of hydrogen-bond acceptors (Lipinski definition) is 6. The van der Waals surface area contributed by atoms with Crippen LogP contribution in [0.15, 0.2) is 6.33 Å². The number of rotatable bonds is 9. The molecule has 2 fully saturated rings. The summed E-state index contributed by atoms with van der Waals surface area (Å²) in [5.74, 6) is 0.799. The van der Waals surface area contributed by atoms with Crippen molar-refractivity contribution < 1.29 is 0 Å². The summed E-state index contributed by atoms with van der Waals surface area (Å²) < 4.78 is 3.53. The molecular formula is C23H42AsCl3N7. The van der Waals surface area contributed by atoms with Crippen LogP contribution in [0, 0.1) is 0 Å². The summed E-state index contributed by atoms with van der Waals surface area (Å²) in [6.45, 7) is 9.00. The zero-order chi connectivity index (χ0) is 21.8. The molecular weight excluding hydrogens is 556 g/mol. The maximum Gasteiger partial charge on any atom is -0.147 e. The minimum Gasteiger partial charge on any atom is -0.147 e. The number of nitrogens with zero attached hydrogens (tertiary/aromatic N) is 5. The number of nitrogens with one attached hydrogen (secondary N) is 1. The van der Waals surface area contributed by atoms with Crippen molar-refractivity contribution in [1.29, 1.82) is 0 Å². The first-order chi connectivity index (χ1) is 15.1. The first-order valence-electron chi connectivity index (χ1n) is 12.3. The van der Waals surface area contributed by atoms with Crippen LogP contribution < -0.4 is 15.5 Å². The smallest absolute Gasteiger partial charge is 0.147 e. The monoisotopic (exact) mass is 596 g/mol. The first kappa shape index (κ1) is 31.7. The van der Waals surface area contributed by atoms with Gasteiger partial charge in [-0.1, -0.05) is 0 Å². The average molecular weight is 598 g/mol. The Labute approximate surface area is 230 Å². The molecule has 195 valence electrons. The Kier molecular flexibility index (Phi) is 14.1. The fourth-order valence-electron chi connectivity index (χ4n) is 5.17. The van der Waals surface area contributed by atoms with E-state index >= 15 is 0 Å². The van der Waals surface area contributed by atoms with Crippen molar-refractivity contribution in [3.05, 3.63) is 6.33 Å². The van der Waals surface area contributed by atoms with Gasteiger partial charge in [0.1, 0.15) is 0 Å². The van der Waals surface area contributed by atoms with Crippen molar-refractivity contribution >= 4 is 74.6 Å². The zero-order valence-corrected chi connectivity index (χ0v) is 25.0. The van der Waals surface area contributed by atoms with Crippen LogP contribution in [0.25, 0.3) is 11.2 Å². The average Bonchev–Trinajstić information content (AvgIpc) is 3.45. The van der Waals surface area contributed by atoms with Gasteiger partial charge in [-0.05, 0) is 0 Å². The standard InChI is InChI=1S/C23H39AsN7.3ClH/c1-4-19(30(5-2)6-3)24-21-20-22(31(15-26-20)18-9-7-8-10-18)29-23(28-21)27-17-13-11-16(25)12-14-17;;;/h15-19H,4-14,25H2,1-3H3,(H,27,28,29);3*1H. The fourth-order valence-corrected chi connectivity index (χ4v) is 8.08. The molecule has 2 heterocycles. The molecule has 2 aromatic heterocycles. The maximum atomic E-state index is 6.12. The SMILES string of the molecule is CCC([As]c1nc(NC2CCC(N)CC2)nc2c1ncn2C1CCCC1)N(CC)CC.Cl.Cl.Cl. The van der Waals surface area contributed by atoms with Crippen LogP contribution >= 0.6 is 37.2 Å². The quantitative estimate of drug-likeness (QED) is 0.420. The Bertz CT molecular complexity index is 850. The minimum absolute atomic E-state index is 0. The molecule has 3 N–H and O–H groups in total. The third kappa shape index (κ3) is 7.36. The van der Waals surface area contributed by atoms with Crippen LogP contribution in [0.4, 0.5) is 5.95 Å². The molecule has 2 aliphatic rings. The number of imidazole rings is 1. The van der Waals surface area contributed by atoms with E-state index < -0.39 is 0 Å². The van der Waals surface area contributed by atoms with E-state index in [-0.39, 0.29) is 53.0 Å². The van der Waals surface area contributed by atoms with E-state index in [9.17, 15) is 0 Å². The Morgan fingerprint density at radius 2 is 1.68 bits per heavy atom. The molecule has 0 aromatic carbocycles. The van der Waals surface area contributed by atoms with Gasteiger partial charge in [0, 0.05) is 0 Å². The molecule has 0 spiro atoms. The Morgan fingerprint density at radius 3 is 2.26 bits per heavy atom. The molecule has 0 bridgehead atoms. The number of halogens is 3. The van der Waals surface area contributed by atoms with Crippen LogP contribution in [-0.4, -0.2) is 70.2 Å². The van der Waals surface area contributed by atoms with Crippen molar-refractivity contribution in [2.24, 2.45) is 5.73 Å². The van der Waals surface area contributed by atoms with Gasteiger partial charge in [0.15, 0.2) is 0 Å². The summed E-state index contributed by atoms with van der Waals surface area (Å²) >= 11 is -0.123. The molecule has 7 nitrogen and oxygen atoms in total. The van der Waals surface area contributed by atoms with E-state index in [1.54, 1.807) is 0 Å². The topological polar surface area (TPSA) is 84.9 Å². The van der Waals surface area contributed by atoms with Gasteiger partial charge in [-0.2, -0.15) is 0 Å². The molecule has 4 rings (SSSR count). The van der Waals surface area contributed by atoms with Crippen LogP contribution in [0.2, 0.25) is 0 Å². The van der Waals surface area contributed by atoms with Crippen molar-refractivity contribution in [2.75, 3.05) is 18.4 Å². The summed E-state index contributed by atoms with van der Waals surface area (Å²) in [4.78, 5) is 18.1. The predicted octanol–water partition coefficient (Wildman–Crippen LogP) is 4.30. The third-order valence-electron chi connectivity index (χ3n) is 7.10. The van der Waals surface area contributed by atoms with Gasteiger partial charge in [-0.3, -0.25) is 0 Å². The van der Waals surface area contributed by atoms with Gasteiger partial charge in [0.05, 0.1) is 0 Å². The van der Waals surface area contributed by atoms with Gasteiger partial charge >= 0.3 is 194 Å². The molecule has 2 aliphatic carbocycles. The molecule has 2 aromatic rings. The Morgan fingerprint density at radius 1 is 1.03 bits per heavy atom. The number of fused-ring (bicyclic) bond motifs is 1. The maximum absolute atomic E-state index is 6.12. The second-order valence-electron chi connectivity index (χ2n) is 9.13. The fraction of sp³-hybridized carbons (Fsp3) is 0.783. The van der Waals surface area contributed by atoms with E-state index in [0.717, 1.165) is 62.3 Å². The normalized spacial score (nSPS) is 21.9. The second kappa shape index (κ2) is 15.1. The Balaban J connectivity index is 0.00000193. The predicted molar refractivity (Wildman–Crippen MR) is 151 cm³/mol. The molecule has 0 saturated heterocycles. The number of hydrogen-bond donors (Lipinski definition) is 2. The van der Waals surface area contributed by atoms with Crippen LogP contribution in [0.1, 0.15) is 84.6 Å². The number of aromatic nitrogens is 4. The number of anilines is 1. The molecule has 1 unspecified atom stereocenters.